The van der Waals surface area contributed by atoms with Crippen molar-refractivity contribution in [3.63, 3.8) is 0 Å². The molecule has 1 saturated carbocycles. The van der Waals surface area contributed by atoms with E-state index in [-0.39, 0.29) is 0 Å². The lowest BCUT2D eigenvalue weighted by Gasteiger charge is -1.98. The molecular weight excluding hydrogens is 112 g/mol. The minimum Gasteiger partial charge on any atom is -0.303 e. The molecule has 0 bridgehead atoms. The number of aldehydes is 1. The Hall–Kier alpha value is -0.330. The van der Waals surface area contributed by atoms with Crippen LogP contribution in [0, 0.1) is 17.8 Å². The summed E-state index contributed by atoms with van der Waals surface area (Å²) in [6.07, 6.45) is 3.52. The Morgan fingerprint density at radius 3 is 2.67 bits per heavy atom. The van der Waals surface area contributed by atoms with Gasteiger partial charge in [0.1, 0.15) is 6.29 Å². The second-order valence-electron chi connectivity index (χ2n) is 3.32. The van der Waals surface area contributed by atoms with E-state index >= 15 is 0 Å². The van der Waals surface area contributed by atoms with Crippen LogP contribution in [0.25, 0.3) is 0 Å². The largest absolute Gasteiger partial charge is 0.303 e. The summed E-state index contributed by atoms with van der Waals surface area (Å²) in [6.45, 7) is 4.25. The van der Waals surface area contributed by atoms with Crippen molar-refractivity contribution in [2.24, 2.45) is 17.8 Å². The summed E-state index contributed by atoms with van der Waals surface area (Å²) in [4.78, 5) is 10.2. The maximum Gasteiger partial charge on any atom is 0.122 e. The highest BCUT2D eigenvalue weighted by Crippen LogP contribution is 2.41. The van der Waals surface area contributed by atoms with E-state index in [0.717, 1.165) is 24.5 Å². The Labute approximate surface area is 56.4 Å². The molecule has 1 aliphatic carbocycles. The lowest BCUT2D eigenvalue weighted by molar-refractivity contribution is -0.110. The van der Waals surface area contributed by atoms with E-state index in [1.807, 2.05) is 6.92 Å². The lowest BCUT2D eigenvalue weighted by Crippen LogP contribution is -1.96. The quantitative estimate of drug-likeness (QED) is 0.527. The molecule has 3 unspecified atom stereocenters. The average molecular weight is 126 g/mol. The third-order valence-corrected chi connectivity index (χ3v) is 2.18. The van der Waals surface area contributed by atoms with Crippen molar-refractivity contribution < 1.29 is 4.79 Å². The molecule has 0 aromatic heterocycles. The van der Waals surface area contributed by atoms with Gasteiger partial charge in [0.15, 0.2) is 0 Å². The minimum atomic E-state index is 0.292. The van der Waals surface area contributed by atoms with Crippen LogP contribution in [-0.2, 0) is 4.79 Å². The van der Waals surface area contributed by atoms with Crippen LogP contribution >= 0.6 is 0 Å². The summed E-state index contributed by atoms with van der Waals surface area (Å²) in [6, 6.07) is 0. The van der Waals surface area contributed by atoms with Gasteiger partial charge in [-0.25, -0.2) is 0 Å². The first-order valence-electron chi connectivity index (χ1n) is 3.69. The van der Waals surface area contributed by atoms with Crippen molar-refractivity contribution in [1.29, 1.82) is 0 Å². The van der Waals surface area contributed by atoms with Crippen molar-refractivity contribution in [3.8, 4) is 0 Å². The van der Waals surface area contributed by atoms with Gasteiger partial charge in [0, 0.05) is 5.92 Å². The van der Waals surface area contributed by atoms with E-state index in [1.165, 1.54) is 6.42 Å². The van der Waals surface area contributed by atoms with Crippen molar-refractivity contribution >= 4 is 6.29 Å². The third-order valence-electron chi connectivity index (χ3n) is 2.18. The molecule has 1 nitrogen and oxygen atoms in total. The number of rotatable bonds is 3. The standard InChI is InChI=1S/C8H14O/c1-6(5-9)3-8-4-7(8)2/h5-8H,3-4H2,1-2H3. The van der Waals surface area contributed by atoms with Crippen LogP contribution in [0.5, 0.6) is 0 Å². The van der Waals surface area contributed by atoms with E-state index in [1.54, 1.807) is 0 Å². The van der Waals surface area contributed by atoms with Crippen LogP contribution in [-0.4, -0.2) is 6.29 Å². The molecule has 52 valence electrons. The molecule has 0 heterocycles. The smallest absolute Gasteiger partial charge is 0.122 e. The Kier molecular flexibility index (Phi) is 1.89. The zero-order valence-corrected chi connectivity index (χ0v) is 6.13. The Balaban J connectivity index is 2.11. The van der Waals surface area contributed by atoms with Gasteiger partial charge in [0.25, 0.3) is 0 Å². The molecule has 0 N–H and O–H groups in total. The van der Waals surface area contributed by atoms with E-state index in [9.17, 15) is 4.79 Å². The van der Waals surface area contributed by atoms with Crippen molar-refractivity contribution in [1.82, 2.24) is 0 Å². The zero-order valence-electron chi connectivity index (χ0n) is 6.13. The van der Waals surface area contributed by atoms with Crippen LogP contribution in [0.3, 0.4) is 0 Å². The number of carbonyl (C=O) groups excluding carboxylic acids is 1. The predicted molar refractivity (Wildman–Crippen MR) is 37.1 cm³/mol. The Bertz CT molecular complexity index is 109. The molecule has 0 aromatic carbocycles. The highest BCUT2D eigenvalue weighted by Gasteiger charge is 2.32. The van der Waals surface area contributed by atoms with Crippen LogP contribution in [0.4, 0.5) is 0 Å². The van der Waals surface area contributed by atoms with Gasteiger partial charge in [-0.05, 0) is 24.7 Å². The van der Waals surface area contributed by atoms with E-state index < -0.39 is 0 Å². The zero-order chi connectivity index (χ0) is 6.85. The van der Waals surface area contributed by atoms with Gasteiger partial charge < -0.3 is 4.79 Å². The molecule has 1 fully saturated rings. The summed E-state index contributed by atoms with van der Waals surface area (Å²) in [5, 5.41) is 0. The van der Waals surface area contributed by atoms with Crippen molar-refractivity contribution in [3.05, 3.63) is 0 Å². The SMILES string of the molecule is CC(C=O)CC1CC1C. The first-order chi connectivity index (χ1) is 4.24. The summed E-state index contributed by atoms with van der Waals surface area (Å²) in [7, 11) is 0. The van der Waals surface area contributed by atoms with Crippen LogP contribution in [0.1, 0.15) is 26.7 Å². The van der Waals surface area contributed by atoms with Crippen LogP contribution in [0.2, 0.25) is 0 Å². The van der Waals surface area contributed by atoms with Gasteiger partial charge in [-0.3, -0.25) is 0 Å². The molecule has 1 heteroatoms. The molecule has 0 radical (unpaired) electrons. The van der Waals surface area contributed by atoms with Crippen LogP contribution in [0.15, 0.2) is 0 Å². The van der Waals surface area contributed by atoms with Gasteiger partial charge in [-0.15, -0.1) is 0 Å². The molecule has 9 heavy (non-hydrogen) atoms. The van der Waals surface area contributed by atoms with Gasteiger partial charge in [-0.2, -0.15) is 0 Å². The minimum absolute atomic E-state index is 0.292. The molecule has 0 spiro atoms. The summed E-state index contributed by atoms with van der Waals surface area (Å²) >= 11 is 0. The highest BCUT2D eigenvalue weighted by molar-refractivity contribution is 5.52. The summed E-state index contributed by atoms with van der Waals surface area (Å²) in [5.41, 5.74) is 0. The molecule has 0 saturated heterocycles. The normalized spacial score (nSPS) is 35.8. The van der Waals surface area contributed by atoms with Crippen molar-refractivity contribution in [2.45, 2.75) is 26.7 Å². The molecule has 0 aliphatic heterocycles. The van der Waals surface area contributed by atoms with Gasteiger partial charge in [-0.1, -0.05) is 13.8 Å². The number of hydrogen-bond acceptors (Lipinski definition) is 1. The van der Waals surface area contributed by atoms with Crippen LogP contribution < -0.4 is 0 Å². The Morgan fingerprint density at radius 1 is 1.78 bits per heavy atom. The fraction of sp³-hybridized carbons (Fsp3) is 0.875. The monoisotopic (exact) mass is 126 g/mol. The topological polar surface area (TPSA) is 17.1 Å². The van der Waals surface area contributed by atoms with E-state index in [0.29, 0.717) is 5.92 Å². The predicted octanol–water partition coefficient (Wildman–Crippen LogP) is 1.87. The lowest BCUT2D eigenvalue weighted by atomic mass is 10.1. The van der Waals surface area contributed by atoms with Gasteiger partial charge >= 0.3 is 0 Å². The van der Waals surface area contributed by atoms with Gasteiger partial charge in [0.2, 0.25) is 0 Å². The van der Waals surface area contributed by atoms with Crippen molar-refractivity contribution in [2.75, 3.05) is 0 Å². The molecule has 0 amide bonds. The molecule has 1 aliphatic rings. The molecular formula is C8H14O. The van der Waals surface area contributed by atoms with Gasteiger partial charge in [0.05, 0.1) is 0 Å². The fourth-order valence-corrected chi connectivity index (χ4v) is 1.26. The summed E-state index contributed by atoms with van der Waals surface area (Å²) < 4.78 is 0. The molecule has 3 atom stereocenters. The maximum absolute atomic E-state index is 10.2. The summed E-state index contributed by atoms with van der Waals surface area (Å²) in [5.74, 6) is 2.05. The highest BCUT2D eigenvalue weighted by atomic mass is 16.1. The fourth-order valence-electron chi connectivity index (χ4n) is 1.26. The second-order valence-corrected chi connectivity index (χ2v) is 3.32. The molecule has 0 aromatic rings. The Morgan fingerprint density at radius 2 is 2.33 bits per heavy atom. The number of hydrogen-bond donors (Lipinski definition) is 0. The maximum atomic E-state index is 10.2. The molecule has 1 rings (SSSR count). The van der Waals surface area contributed by atoms with E-state index in [2.05, 4.69) is 6.92 Å². The second kappa shape index (κ2) is 2.51. The number of carbonyl (C=O) groups is 1. The van der Waals surface area contributed by atoms with E-state index in [4.69, 9.17) is 0 Å². The first-order valence-corrected chi connectivity index (χ1v) is 3.69. The first kappa shape index (κ1) is 6.79. The average Bonchev–Trinajstić information content (AvgIpc) is 2.47. The third kappa shape index (κ3) is 1.81.